The van der Waals surface area contributed by atoms with E-state index in [-0.39, 0.29) is 0 Å². The minimum Gasteiger partial charge on any atom is -0.0625 e. The first-order valence-electron chi connectivity index (χ1n) is 7.39. The Hall–Kier alpha value is 0. The van der Waals surface area contributed by atoms with Crippen LogP contribution in [0.2, 0.25) is 0 Å². The molecule has 0 aromatic carbocycles. The van der Waals surface area contributed by atoms with Crippen LogP contribution in [0, 0.1) is 40.9 Å². The van der Waals surface area contributed by atoms with Crippen LogP contribution in [0.3, 0.4) is 0 Å². The zero-order chi connectivity index (χ0) is 12.1. The highest BCUT2D eigenvalue weighted by Gasteiger charge is 2.58. The van der Waals surface area contributed by atoms with Crippen LogP contribution < -0.4 is 0 Å². The predicted molar refractivity (Wildman–Crippen MR) is 71.3 cm³/mol. The van der Waals surface area contributed by atoms with Crippen LogP contribution in [0.25, 0.3) is 0 Å². The molecule has 0 aromatic heterocycles. The average Bonchev–Trinajstić information content (AvgIpc) is 2.73. The van der Waals surface area contributed by atoms with Crippen LogP contribution in [0.4, 0.5) is 0 Å². The van der Waals surface area contributed by atoms with Gasteiger partial charge in [0.2, 0.25) is 0 Å². The van der Waals surface area contributed by atoms with E-state index in [4.69, 9.17) is 0 Å². The molecule has 0 nitrogen and oxygen atoms in total. The van der Waals surface area contributed by atoms with E-state index in [9.17, 15) is 0 Å². The van der Waals surface area contributed by atoms with E-state index in [1.54, 1.807) is 6.42 Å². The van der Waals surface area contributed by atoms with Crippen molar-refractivity contribution in [1.29, 1.82) is 0 Å². The third kappa shape index (κ3) is 1.56. The second kappa shape index (κ2) is 4.03. The highest BCUT2D eigenvalue weighted by atomic mass is 14.6. The minimum atomic E-state index is 0.665. The van der Waals surface area contributed by atoms with Gasteiger partial charge >= 0.3 is 0 Å². The highest BCUT2D eigenvalue weighted by molar-refractivity contribution is 5.06. The van der Waals surface area contributed by atoms with Gasteiger partial charge in [0.1, 0.15) is 0 Å². The topological polar surface area (TPSA) is 0 Å². The molecule has 2 rings (SSSR count). The van der Waals surface area contributed by atoms with Crippen molar-refractivity contribution < 1.29 is 0 Å². The molecule has 2 saturated carbocycles. The summed E-state index contributed by atoms with van der Waals surface area (Å²) in [6.07, 6.45) is 4.60. The van der Waals surface area contributed by atoms with Crippen LogP contribution in [-0.4, -0.2) is 0 Å². The molecule has 16 heavy (non-hydrogen) atoms. The van der Waals surface area contributed by atoms with Crippen molar-refractivity contribution in [2.24, 2.45) is 40.9 Å². The van der Waals surface area contributed by atoms with Crippen LogP contribution in [0.15, 0.2) is 0 Å². The zero-order valence-corrected chi connectivity index (χ0v) is 12.1. The Kier molecular flexibility index (Phi) is 3.14. The van der Waals surface area contributed by atoms with E-state index < -0.39 is 0 Å². The molecular weight excluding hydrogens is 192 g/mol. The molecule has 2 aliphatic rings. The van der Waals surface area contributed by atoms with Crippen LogP contribution in [0.5, 0.6) is 0 Å². The molecule has 0 amide bonds. The molecule has 2 fully saturated rings. The quantitative estimate of drug-likeness (QED) is 0.631. The molecule has 0 spiro atoms. The standard InChI is InChI=1S/C16H30/c1-10(2)14-7-13-8-15(14)16(9-13,11(3)4)12(5)6/h10-15H,7-9H2,1-6H3. The van der Waals surface area contributed by atoms with E-state index >= 15 is 0 Å². The Labute approximate surface area is 102 Å². The molecule has 3 unspecified atom stereocenters. The second-order valence-electron chi connectivity index (χ2n) is 7.48. The molecule has 0 N–H and O–H groups in total. The first-order chi connectivity index (χ1) is 7.39. The predicted octanol–water partition coefficient (Wildman–Crippen LogP) is 4.99. The van der Waals surface area contributed by atoms with Crippen molar-refractivity contribution in [1.82, 2.24) is 0 Å². The van der Waals surface area contributed by atoms with Crippen LogP contribution in [0.1, 0.15) is 60.8 Å². The number of rotatable bonds is 3. The maximum Gasteiger partial charge on any atom is -0.0218 e. The summed E-state index contributed by atoms with van der Waals surface area (Å²) in [6.45, 7) is 14.8. The third-order valence-corrected chi connectivity index (χ3v) is 6.05. The molecule has 0 aromatic rings. The van der Waals surface area contributed by atoms with Gasteiger partial charge in [0.25, 0.3) is 0 Å². The van der Waals surface area contributed by atoms with Gasteiger partial charge in [-0.3, -0.25) is 0 Å². The number of fused-ring (bicyclic) bond motifs is 2. The maximum absolute atomic E-state index is 2.47. The molecule has 0 radical (unpaired) electrons. The summed E-state index contributed by atoms with van der Waals surface area (Å²) >= 11 is 0. The fraction of sp³-hybridized carbons (Fsp3) is 1.00. The third-order valence-electron chi connectivity index (χ3n) is 6.05. The Morgan fingerprint density at radius 2 is 1.44 bits per heavy atom. The molecule has 94 valence electrons. The SMILES string of the molecule is CC(C)C1CC2CC1C(C(C)C)(C(C)C)C2. The molecule has 0 saturated heterocycles. The van der Waals surface area contributed by atoms with Gasteiger partial charge < -0.3 is 0 Å². The normalized spacial score (nSPS) is 36.9. The Bertz CT molecular complexity index is 241. The van der Waals surface area contributed by atoms with Crippen LogP contribution in [-0.2, 0) is 0 Å². The molecule has 2 bridgehead atoms. The number of hydrogen-bond donors (Lipinski definition) is 0. The van der Waals surface area contributed by atoms with Gasteiger partial charge in [-0.25, -0.2) is 0 Å². The highest BCUT2D eigenvalue weighted by Crippen LogP contribution is 2.65. The smallest absolute Gasteiger partial charge is 0.0218 e. The van der Waals surface area contributed by atoms with Gasteiger partial charge in [-0.1, -0.05) is 41.5 Å². The summed E-state index contributed by atoms with van der Waals surface area (Å²) in [5, 5.41) is 0. The Morgan fingerprint density at radius 1 is 0.875 bits per heavy atom. The molecular formula is C16H30. The maximum atomic E-state index is 2.47. The first-order valence-corrected chi connectivity index (χ1v) is 7.39. The van der Waals surface area contributed by atoms with Gasteiger partial charge in [0.05, 0.1) is 0 Å². The first kappa shape index (κ1) is 12.5. The Balaban J connectivity index is 2.29. The van der Waals surface area contributed by atoms with E-state index in [0.717, 1.165) is 35.5 Å². The van der Waals surface area contributed by atoms with E-state index in [2.05, 4.69) is 41.5 Å². The van der Waals surface area contributed by atoms with Crippen molar-refractivity contribution >= 4 is 0 Å². The monoisotopic (exact) mass is 222 g/mol. The fourth-order valence-electron chi connectivity index (χ4n) is 5.35. The van der Waals surface area contributed by atoms with E-state index in [1.165, 1.54) is 12.8 Å². The van der Waals surface area contributed by atoms with Crippen molar-refractivity contribution in [2.75, 3.05) is 0 Å². The molecule has 0 aliphatic heterocycles. The fourth-order valence-corrected chi connectivity index (χ4v) is 5.35. The van der Waals surface area contributed by atoms with E-state index in [1.807, 2.05) is 0 Å². The van der Waals surface area contributed by atoms with Crippen molar-refractivity contribution in [3.63, 3.8) is 0 Å². The lowest BCUT2D eigenvalue weighted by Gasteiger charge is -2.49. The van der Waals surface area contributed by atoms with Crippen LogP contribution >= 0.6 is 0 Å². The zero-order valence-electron chi connectivity index (χ0n) is 12.1. The minimum absolute atomic E-state index is 0.665. The lowest BCUT2D eigenvalue weighted by atomic mass is 9.56. The van der Waals surface area contributed by atoms with Gasteiger partial charge in [-0.15, -0.1) is 0 Å². The molecule has 2 aliphatic carbocycles. The molecule has 0 heteroatoms. The molecule has 0 heterocycles. The lowest BCUT2D eigenvalue weighted by molar-refractivity contribution is -0.00688. The summed E-state index contributed by atoms with van der Waals surface area (Å²) in [7, 11) is 0. The van der Waals surface area contributed by atoms with Crippen molar-refractivity contribution in [3.8, 4) is 0 Å². The summed E-state index contributed by atoms with van der Waals surface area (Å²) in [5.74, 6) is 5.73. The Morgan fingerprint density at radius 3 is 1.81 bits per heavy atom. The van der Waals surface area contributed by atoms with Crippen molar-refractivity contribution in [2.45, 2.75) is 60.8 Å². The van der Waals surface area contributed by atoms with Crippen molar-refractivity contribution in [3.05, 3.63) is 0 Å². The summed E-state index contributed by atoms with van der Waals surface area (Å²) in [6, 6.07) is 0. The summed E-state index contributed by atoms with van der Waals surface area (Å²) in [4.78, 5) is 0. The average molecular weight is 222 g/mol. The number of hydrogen-bond acceptors (Lipinski definition) is 0. The van der Waals surface area contributed by atoms with Gasteiger partial charge in [-0.2, -0.15) is 0 Å². The van der Waals surface area contributed by atoms with Gasteiger partial charge in [-0.05, 0) is 60.2 Å². The lowest BCUT2D eigenvalue weighted by Crippen LogP contribution is -2.43. The molecule has 3 atom stereocenters. The summed E-state index contributed by atoms with van der Waals surface area (Å²) in [5.41, 5.74) is 0.665. The van der Waals surface area contributed by atoms with Gasteiger partial charge in [0.15, 0.2) is 0 Å². The largest absolute Gasteiger partial charge is 0.0625 e. The summed E-state index contributed by atoms with van der Waals surface area (Å²) < 4.78 is 0. The second-order valence-corrected chi connectivity index (χ2v) is 7.48. The van der Waals surface area contributed by atoms with Gasteiger partial charge in [0, 0.05) is 0 Å². The van der Waals surface area contributed by atoms with E-state index in [0.29, 0.717) is 5.41 Å².